The quantitative estimate of drug-likeness (QED) is 0.870. The second kappa shape index (κ2) is 8.17. The van der Waals surface area contributed by atoms with E-state index in [0.29, 0.717) is 5.71 Å². The van der Waals surface area contributed by atoms with Gasteiger partial charge in [-0.15, -0.1) is 0 Å². The van der Waals surface area contributed by atoms with Crippen LogP contribution in [0.15, 0.2) is 70.1 Å². The van der Waals surface area contributed by atoms with Crippen LogP contribution in [0, 0.1) is 5.92 Å². The molecule has 0 saturated carbocycles. The van der Waals surface area contributed by atoms with Crippen LogP contribution in [0.1, 0.15) is 42.7 Å². The molecule has 0 bridgehead atoms. The summed E-state index contributed by atoms with van der Waals surface area (Å²) >= 11 is 0. The molecule has 2 atom stereocenters. The molecule has 0 saturated heterocycles. The zero-order valence-electron chi connectivity index (χ0n) is 16.2. The fourth-order valence-corrected chi connectivity index (χ4v) is 3.30. The number of pyridine rings is 1. The number of rotatable bonds is 5. The van der Waals surface area contributed by atoms with E-state index in [1.807, 2.05) is 50.3 Å². The first-order valence-electron chi connectivity index (χ1n) is 9.19. The Morgan fingerprint density at radius 1 is 1.18 bits per heavy atom. The fourth-order valence-electron chi connectivity index (χ4n) is 3.30. The lowest BCUT2D eigenvalue weighted by atomic mass is 9.96. The van der Waals surface area contributed by atoms with Crippen LogP contribution in [-0.2, 0) is 4.79 Å². The number of carbonyl (C=O) groups is 2. The summed E-state index contributed by atoms with van der Waals surface area (Å²) in [6.45, 7) is 5.70. The maximum Gasteiger partial charge on any atom is 0.254 e. The van der Waals surface area contributed by atoms with Gasteiger partial charge >= 0.3 is 0 Å². The summed E-state index contributed by atoms with van der Waals surface area (Å²) in [5.74, 6) is -1.11. The van der Waals surface area contributed by atoms with Crippen molar-refractivity contribution in [2.75, 3.05) is 6.54 Å². The van der Waals surface area contributed by atoms with Gasteiger partial charge in [-0.05, 0) is 38.5 Å². The average molecular weight is 377 g/mol. The van der Waals surface area contributed by atoms with Gasteiger partial charge in [0.15, 0.2) is 0 Å². The number of amides is 2. The molecule has 144 valence electrons. The highest BCUT2D eigenvalue weighted by atomic mass is 16.2. The van der Waals surface area contributed by atoms with Crippen LogP contribution in [0.25, 0.3) is 0 Å². The summed E-state index contributed by atoms with van der Waals surface area (Å²) in [5.41, 5.74) is 2.56. The van der Waals surface area contributed by atoms with E-state index in [-0.39, 0.29) is 35.5 Å². The molecule has 2 unspecified atom stereocenters. The minimum Gasteiger partial charge on any atom is -0.351 e. The summed E-state index contributed by atoms with van der Waals surface area (Å²) < 4.78 is 1.58. The lowest BCUT2D eigenvalue weighted by Crippen LogP contribution is -2.35. The van der Waals surface area contributed by atoms with Crippen LogP contribution in [0.4, 0.5) is 0 Å². The second-order valence-electron chi connectivity index (χ2n) is 6.99. The first-order valence-corrected chi connectivity index (χ1v) is 9.19. The monoisotopic (exact) mass is 377 g/mol. The molecule has 1 N–H and O–H groups in total. The largest absolute Gasteiger partial charge is 0.351 e. The van der Waals surface area contributed by atoms with Gasteiger partial charge < -0.3 is 9.88 Å². The van der Waals surface area contributed by atoms with Crippen LogP contribution >= 0.6 is 0 Å². The Balaban J connectivity index is 1.70. The number of hydrogen-bond donors (Lipinski definition) is 1. The number of allylic oxidation sites excluding steroid dienone is 1. The van der Waals surface area contributed by atoms with E-state index in [4.69, 9.17) is 0 Å². The van der Waals surface area contributed by atoms with Crippen molar-refractivity contribution in [2.45, 2.75) is 26.8 Å². The number of benzene rings is 1. The Morgan fingerprint density at radius 2 is 1.89 bits per heavy atom. The smallest absolute Gasteiger partial charge is 0.254 e. The second-order valence-corrected chi connectivity index (χ2v) is 6.99. The average Bonchev–Trinajstić information content (AvgIpc) is 2.67. The normalized spacial score (nSPS) is 17.5. The first kappa shape index (κ1) is 19.5. The van der Waals surface area contributed by atoms with Crippen molar-refractivity contribution in [3.8, 4) is 0 Å². The Bertz CT molecular complexity index is 1020. The molecular formula is C22H23N3O3. The van der Waals surface area contributed by atoms with E-state index in [1.165, 1.54) is 6.07 Å². The Hall–Kier alpha value is -3.28. The van der Waals surface area contributed by atoms with Crippen LogP contribution in [-0.4, -0.2) is 28.6 Å². The molecule has 2 amide bonds. The molecule has 0 radical (unpaired) electrons. The van der Waals surface area contributed by atoms with Gasteiger partial charge in [0.05, 0.1) is 12.0 Å². The Morgan fingerprint density at radius 3 is 2.54 bits per heavy atom. The molecule has 6 heteroatoms. The molecule has 1 aromatic heterocycles. The van der Waals surface area contributed by atoms with Gasteiger partial charge in [0.1, 0.15) is 0 Å². The van der Waals surface area contributed by atoms with Crippen molar-refractivity contribution in [3.05, 3.63) is 81.8 Å². The summed E-state index contributed by atoms with van der Waals surface area (Å²) in [6.07, 6.45) is 3.46. The number of dihydropyridines is 1. The SMILES string of the molecule is CC1=CC(C)=NC(=O)C1CNC(=O)c1ccn(C(C)c2ccccc2)c(=O)c1. The highest BCUT2D eigenvalue weighted by Gasteiger charge is 2.24. The number of hydrogen-bond acceptors (Lipinski definition) is 3. The molecule has 1 aliphatic rings. The van der Waals surface area contributed by atoms with Gasteiger partial charge in [0.2, 0.25) is 0 Å². The van der Waals surface area contributed by atoms with Gasteiger partial charge in [-0.25, -0.2) is 4.99 Å². The summed E-state index contributed by atoms with van der Waals surface area (Å²) in [7, 11) is 0. The van der Waals surface area contributed by atoms with E-state index < -0.39 is 5.92 Å². The molecular weight excluding hydrogens is 354 g/mol. The van der Waals surface area contributed by atoms with Crippen molar-refractivity contribution >= 4 is 17.5 Å². The first-order chi connectivity index (χ1) is 13.4. The number of aromatic nitrogens is 1. The molecule has 2 aromatic rings. The van der Waals surface area contributed by atoms with E-state index in [1.54, 1.807) is 23.8 Å². The van der Waals surface area contributed by atoms with Gasteiger partial charge in [-0.2, -0.15) is 0 Å². The van der Waals surface area contributed by atoms with E-state index in [9.17, 15) is 14.4 Å². The van der Waals surface area contributed by atoms with Crippen molar-refractivity contribution in [1.29, 1.82) is 0 Å². The number of aliphatic imine (C=N–C) groups is 1. The minimum absolute atomic E-state index is 0.139. The molecule has 0 spiro atoms. The topological polar surface area (TPSA) is 80.5 Å². The van der Waals surface area contributed by atoms with Crippen LogP contribution in [0.5, 0.6) is 0 Å². The van der Waals surface area contributed by atoms with Crippen LogP contribution in [0.3, 0.4) is 0 Å². The van der Waals surface area contributed by atoms with Crippen molar-refractivity contribution in [1.82, 2.24) is 9.88 Å². The van der Waals surface area contributed by atoms with Gasteiger partial charge in [-0.3, -0.25) is 14.4 Å². The highest BCUT2D eigenvalue weighted by Crippen LogP contribution is 2.17. The molecule has 0 aliphatic carbocycles. The fraction of sp³-hybridized carbons (Fsp3) is 0.273. The van der Waals surface area contributed by atoms with Crippen molar-refractivity contribution in [2.24, 2.45) is 10.9 Å². The van der Waals surface area contributed by atoms with Crippen LogP contribution < -0.4 is 10.9 Å². The number of carbonyl (C=O) groups excluding carboxylic acids is 2. The predicted octanol–water partition coefficient (Wildman–Crippen LogP) is 2.75. The summed E-state index contributed by atoms with van der Waals surface area (Å²) in [5, 5.41) is 2.73. The Labute approximate surface area is 163 Å². The summed E-state index contributed by atoms with van der Waals surface area (Å²) in [6, 6.07) is 12.5. The third-order valence-corrected chi connectivity index (χ3v) is 4.95. The zero-order chi connectivity index (χ0) is 20.3. The summed E-state index contributed by atoms with van der Waals surface area (Å²) in [4.78, 5) is 40.9. The third-order valence-electron chi connectivity index (χ3n) is 4.95. The highest BCUT2D eigenvalue weighted by molar-refractivity contribution is 6.06. The minimum atomic E-state index is -0.467. The molecule has 1 aliphatic heterocycles. The number of nitrogens with zero attached hydrogens (tertiary/aromatic N) is 2. The number of nitrogens with one attached hydrogen (secondary N) is 1. The van der Waals surface area contributed by atoms with Gasteiger partial charge in [0, 0.05) is 30.1 Å². The standard InChI is InChI=1S/C22H23N3O3/c1-14-11-15(2)24-22(28)19(14)13-23-21(27)18-9-10-25(20(26)12-18)16(3)17-7-5-4-6-8-17/h4-12,16,19H,13H2,1-3H3,(H,23,27). The van der Waals surface area contributed by atoms with E-state index in [0.717, 1.165) is 11.1 Å². The van der Waals surface area contributed by atoms with Gasteiger partial charge in [-0.1, -0.05) is 35.9 Å². The molecule has 28 heavy (non-hydrogen) atoms. The molecule has 1 aromatic carbocycles. The maximum atomic E-state index is 12.5. The molecule has 0 fully saturated rings. The van der Waals surface area contributed by atoms with Crippen molar-refractivity contribution in [3.63, 3.8) is 0 Å². The lowest BCUT2D eigenvalue weighted by molar-refractivity contribution is -0.120. The Kier molecular flexibility index (Phi) is 5.68. The molecule has 6 nitrogen and oxygen atoms in total. The van der Waals surface area contributed by atoms with Crippen LogP contribution in [0.2, 0.25) is 0 Å². The maximum absolute atomic E-state index is 12.5. The van der Waals surface area contributed by atoms with Gasteiger partial charge in [0.25, 0.3) is 17.4 Å². The van der Waals surface area contributed by atoms with Crippen molar-refractivity contribution < 1.29 is 9.59 Å². The third kappa shape index (κ3) is 4.17. The zero-order valence-corrected chi connectivity index (χ0v) is 16.2. The predicted molar refractivity (Wildman–Crippen MR) is 109 cm³/mol. The molecule has 2 heterocycles. The molecule has 3 rings (SSSR count). The van der Waals surface area contributed by atoms with E-state index in [2.05, 4.69) is 10.3 Å². The lowest BCUT2D eigenvalue weighted by Gasteiger charge is -2.19. The van der Waals surface area contributed by atoms with E-state index >= 15 is 0 Å².